The highest BCUT2D eigenvalue weighted by atomic mass is 35.5. The highest BCUT2D eigenvalue weighted by Gasteiger charge is 2.19. The molecule has 1 aromatic heterocycles. The van der Waals surface area contributed by atoms with Gasteiger partial charge in [0.1, 0.15) is 0 Å². The zero-order chi connectivity index (χ0) is 7.68. The monoisotopic (exact) mass is 168 g/mol. The Kier molecular flexibility index (Phi) is 1.80. The minimum Gasteiger partial charge on any atom is -0.309 e. The summed E-state index contributed by atoms with van der Waals surface area (Å²) >= 11 is 5.80. The summed E-state index contributed by atoms with van der Waals surface area (Å²) in [5, 5.41) is 4.04. The van der Waals surface area contributed by atoms with Crippen LogP contribution in [0.15, 0.2) is 18.3 Å². The quantitative estimate of drug-likeness (QED) is 0.692. The van der Waals surface area contributed by atoms with E-state index in [1.165, 1.54) is 6.42 Å². The van der Waals surface area contributed by atoms with E-state index < -0.39 is 0 Å². The minimum atomic E-state index is 0.439. The van der Waals surface area contributed by atoms with Gasteiger partial charge in [-0.15, -0.1) is 0 Å². The number of aromatic nitrogens is 1. The van der Waals surface area contributed by atoms with E-state index in [0.717, 1.165) is 17.3 Å². The molecular formula is C8H9ClN2. The molecule has 1 aromatic rings. The largest absolute Gasteiger partial charge is 0.309 e. The topological polar surface area (TPSA) is 24.9 Å². The van der Waals surface area contributed by atoms with E-state index >= 15 is 0 Å². The molecule has 0 aromatic carbocycles. The lowest BCUT2D eigenvalue weighted by Crippen LogP contribution is -2.35. The van der Waals surface area contributed by atoms with Crippen LogP contribution in [-0.2, 0) is 0 Å². The van der Waals surface area contributed by atoms with Gasteiger partial charge in [0.25, 0.3) is 0 Å². The molecule has 0 radical (unpaired) electrons. The van der Waals surface area contributed by atoms with Crippen molar-refractivity contribution in [2.75, 3.05) is 6.54 Å². The molecule has 1 atom stereocenters. The first-order chi connectivity index (χ1) is 5.36. The zero-order valence-electron chi connectivity index (χ0n) is 6.05. The van der Waals surface area contributed by atoms with Crippen LogP contribution in [0.1, 0.15) is 18.2 Å². The minimum absolute atomic E-state index is 0.439. The number of rotatable bonds is 1. The second-order valence-corrected chi connectivity index (χ2v) is 3.13. The van der Waals surface area contributed by atoms with Gasteiger partial charge in [0.15, 0.2) is 0 Å². The van der Waals surface area contributed by atoms with Crippen LogP contribution in [0, 0.1) is 0 Å². The molecule has 0 amide bonds. The van der Waals surface area contributed by atoms with E-state index in [4.69, 9.17) is 11.6 Å². The Hall–Kier alpha value is -0.600. The van der Waals surface area contributed by atoms with Crippen LogP contribution in [0.4, 0.5) is 0 Å². The second kappa shape index (κ2) is 2.80. The Morgan fingerprint density at radius 1 is 1.64 bits per heavy atom. The Morgan fingerprint density at radius 2 is 2.45 bits per heavy atom. The van der Waals surface area contributed by atoms with Gasteiger partial charge >= 0.3 is 0 Å². The fraction of sp³-hybridized carbons (Fsp3) is 0.375. The third-order valence-corrected chi connectivity index (χ3v) is 2.16. The number of hydrogen-bond acceptors (Lipinski definition) is 2. The lowest BCUT2D eigenvalue weighted by molar-refractivity contribution is 0.375. The molecule has 1 N–H and O–H groups in total. The van der Waals surface area contributed by atoms with Crippen LogP contribution in [0.5, 0.6) is 0 Å². The highest BCUT2D eigenvalue weighted by molar-refractivity contribution is 6.30. The van der Waals surface area contributed by atoms with Crippen molar-refractivity contribution in [2.45, 2.75) is 12.5 Å². The molecule has 1 saturated heterocycles. The van der Waals surface area contributed by atoms with Crippen LogP contribution in [0.2, 0.25) is 5.02 Å². The first kappa shape index (κ1) is 7.07. The van der Waals surface area contributed by atoms with Crippen LogP contribution in [-0.4, -0.2) is 11.5 Å². The van der Waals surface area contributed by atoms with Gasteiger partial charge < -0.3 is 5.32 Å². The molecule has 3 heteroatoms. The van der Waals surface area contributed by atoms with Crippen molar-refractivity contribution in [1.29, 1.82) is 0 Å². The fourth-order valence-electron chi connectivity index (χ4n) is 1.15. The van der Waals surface area contributed by atoms with Gasteiger partial charge in [-0.2, -0.15) is 0 Å². The van der Waals surface area contributed by atoms with Crippen molar-refractivity contribution >= 4 is 11.6 Å². The average Bonchev–Trinajstić information content (AvgIpc) is 1.83. The maximum Gasteiger partial charge on any atom is 0.0588 e. The fourth-order valence-corrected chi connectivity index (χ4v) is 1.32. The number of nitrogens with zero attached hydrogens (tertiary/aromatic N) is 1. The summed E-state index contributed by atoms with van der Waals surface area (Å²) in [6, 6.07) is 4.15. The summed E-state index contributed by atoms with van der Waals surface area (Å²) in [6.45, 7) is 1.10. The molecule has 2 heterocycles. The van der Waals surface area contributed by atoms with Crippen LogP contribution in [0.3, 0.4) is 0 Å². The van der Waals surface area contributed by atoms with E-state index in [1.807, 2.05) is 6.07 Å². The van der Waals surface area contributed by atoms with E-state index in [-0.39, 0.29) is 0 Å². The van der Waals surface area contributed by atoms with Crippen LogP contribution in [0.25, 0.3) is 0 Å². The standard InChI is InChI=1S/C8H9ClN2/c9-6-1-3-11-8(5-6)7-2-4-10-7/h1,3,5,7,10H,2,4H2. The Labute approximate surface area is 70.6 Å². The maximum atomic E-state index is 5.80. The molecule has 0 aliphatic carbocycles. The summed E-state index contributed by atoms with van der Waals surface area (Å²) < 4.78 is 0. The Bertz CT molecular complexity index is 258. The lowest BCUT2D eigenvalue weighted by atomic mass is 10.0. The summed E-state index contributed by atoms with van der Waals surface area (Å²) in [6.07, 6.45) is 2.92. The van der Waals surface area contributed by atoms with Gasteiger partial charge in [-0.05, 0) is 25.1 Å². The highest BCUT2D eigenvalue weighted by Crippen LogP contribution is 2.22. The summed E-state index contributed by atoms with van der Waals surface area (Å²) in [5.41, 5.74) is 1.06. The predicted octanol–water partition coefficient (Wildman–Crippen LogP) is 1.77. The molecule has 1 aliphatic heterocycles. The molecule has 11 heavy (non-hydrogen) atoms. The normalized spacial score (nSPS) is 22.8. The average molecular weight is 169 g/mol. The van der Waals surface area contributed by atoms with Crippen molar-refractivity contribution in [3.05, 3.63) is 29.0 Å². The summed E-state index contributed by atoms with van der Waals surface area (Å²) in [7, 11) is 0. The molecule has 2 rings (SSSR count). The van der Waals surface area contributed by atoms with Crippen molar-refractivity contribution in [1.82, 2.24) is 10.3 Å². The molecule has 1 aliphatic rings. The van der Waals surface area contributed by atoms with Gasteiger partial charge in [0.2, 0.25) is 0 Å². The SMILES string of the molecule is Clc1ccnc(C2CCN2)c1. The Balaban J connectivity index is 2.23. The number of halogens is 1. The predicted molar refractivity (Wildman–Crippen MR) is 44.6 cm³/mol. The lowest BCUT2D eigenvalue weighted by Gasteiger charge is -2.26. The molecule has 1 unspecified atom stereocenters. The van der Waals surface area contributed by atoms with E-state index in [2.05, 4.69) is 10.3 Å². The van der Waals surface area contributed by atoms with Gasteiger partial charge in [0.05, 0.1) is 11.7 Å². The third kappa shape index (κ3) is 1.37. The van der Waals surface area contributed by atoms with E-state index in [0.29, 0.717) is 6.04 Å². The van der Waals surface area contributed by atoms with Gasteiger partial charge in [-0.25, -0.2) is 0 Å². The molecule has 2 nitrogen and oxygen atoms in total. The van der Waals surface area contributed by atoms with Gasteiger partial charge in [-0.1, -0.05) is 11.6 Å². The first-order valence-electron chi connectivity index (χ1n) is 3.71. The van der Waals surface area contributed by atoms with Crippen molar-refractivity contribution in [3.8, 4) is 0 Å². The number of pyridine rings is 1. The molecule has 58 valence electrons. The molecule has 0 spiro atoms. The Morgan fingerprint density at radius 3 is 3.00 bits per heavy atom. The first-order valence-corrected chi connectivity index (χ1v) is 4.09. The van der Waals surface area contributed by atoms with Crippen LogP contribution < -0.4 is 5.32 Å². The smallest absolute Gasteiger partial charge is 0.0588 e. The third-order valence-electron chi connectivity index (χ3n) is 1.92. The zero-order valence-corrected chi connectivity index (χ0v) is 6.80. The molecule has 0 bridgehead atoms. The van der Waals surface area contributed by atoms with Gasteiger partial charge in [0, 0.05) is 11.2 Å². The summed E-state index contributed by atoms with van der Waals surface area (Å²) in [4.78, 5) is 4.21. The maximum absolute atomic E-state index is 5.80. The summed E-state index contributed by atoms with van der Waals surface area (Å²) in [5.74, 6) is 0. The van der Waals surface area contributed by atoms with Crippen molar-refractivity contribution < 1.29 is 0 Å². The van der Waals surface area contributed by atoms with Gasteiger partial charge in [-0.3, -0.25) is 4.98 Å². The van der Waals surface area contributed by atoms with Crippen molar-refractivity contribution in [3.63, 3.8) is 0 Å². The van der Waals surface area contributed by atoms with Crippen molar-refractivity contribution in [2.24, 2.45) is 0 Å². The number of nitrogens with one attached hydrogen (secondary N) is 1. The molecule has 0 saturated carbocycles. The van der Waals surface area contributed by atoms with Crippen LogP contribution >= 0.6 is 11.6 Å². The van der Waals surface area contributed by atoms with E-state index in [1.54, 1.807) is 12.3 Å². The second-order valence-electron chi connectivity index (χ2n) is 2.69. The molecular weight excluding hydrogens is 160 g/mol. The number of hydrogen-bond donors (Lipinski definition) is 1. The molecule has 1 fully saturated rings. The van der Waals surface area contributed by atoms with E-state index in [9.17, 15) is 0 Å².